The molecular weight excluding hydrogens is 266 g/mol. The molecule has 108 valence electrons. The number of nitrogens with zero attached hydrogens (tertiary/aromatic N) is 2. The molecule has 3 nitrogen and oxygen atoms in total. The first-order valence-corrected chi connectivity index (χ1v) is 7.45. The zero-order chi connectivity index (χ0) is 15.3. The number of aliphatic imine (C=N–C) groups is 1. The Morgan fingerprint density at radius 3 is 2.25 bits per heavy atom. The normalized spacial score (nSPS) is 33.5. The summed E-state index contributed by atoms with van der Waals surface area (Å²) in [6.45, 7) is 12.7. The minimum atomic E-state index is -0.534. The first-order valence-electron chi connectivity index (χ1n) is 7.04. The minimum Gasteiger partial charge on any atom is -0.370 e. The standard InChI is InChI=1S/C16H23N3S/c1-10(13-14(2,3)8-12(20)18-13)11-7-15(4,5)16(6,9-17)19-11/h19H,7-8H2,1-6H3/b11-10-. The Morgan fingerprint density at radius 1 is 1.25 bits per heavy atom. The number of thiocarbonyl (C=S) groups is 1. The molecule has 2 rings (SSSR count). The number of nitrogens with one attached hydrogen (secondary N) is 1. The average Bonchev–Trinajstić information content (AvgIpc) is 2.72. The molecule has 2 aliphatic rings. The van der Waals surface area contributed by atoms with Crippen molar-refractivity contribution in [3.8, 4) is 6.07 Å². The Labute approximate surface area is 127 Å². The van der Waals surface area contributed by atoms with Crippen LogP contribution < -0.4 is 5.32 Å². The van der Waals surface area contributed by atoms with Crippen molar-refractivity contribution in [3.63, 3.8) is 0 Å². The number of nitriles is 1. The Balaban J connectivity index is 2.45. The van der Waals surface area contributed by atoms with Crippen LogP contribution in [0.5, 0.6) is 0 Å². The van der Waals surface area contributed by atoms with Crippen molar-refractivity contribution in [2.24, 2.45) is 15.8 Å². The van der Waals surface area contributed by atoms with Crippen LogP contribution in [-0.4, -0.2) is 16.2 Å². The second-order valence-electron chi connectivity index (χ2n) is 7.44. The van der Waals surface area contributed by atoms with Crippen LogP contribution in [0.4, 0.5) is 0 Å². The molecule has 1 fully saturated rings. The van der Waals surface area contributed by atoms with Crippen LogP contribution in [0.25, 0.3) is 0 Å². The lowest BCUT2D eigenvalue weighted by molar-refractivity contribution is 0.264. The molecule has 2 heterocycles. The molecule has 0 aromatic heterocycles. The first kappa shape index (κ1) is 15.2. The van der Waals surface area contributed by atoms with Crippen LogP contribution in [-0.2, 0) is 0 Å². The molecule has 0 aliphatic carbocycles. The molecule has 0 saturated carbocycles. The van der Waals surface area contributed by atoms with Gasteiger partial charge in [-0.1, -0.05) is 39.9 Å². The van der Waals surface area contributed by atoms with Crippen molar-refractivity contribution >= 4 is 22.9 Å². The van der Waals surface area contributed by atoms with Gasteiger partial charge in [0.1, 0.15) is 10.5 Å². The highest BCUT2D eigenvalue weighted by Crippen LogP contribution is 2.45. The van der Waals surface area contributed by atoms with Gasteiger partial charge in [0, 0.05) is 22.9 Å². The van der Waals surface area contributed by atoms with E-state index in [0.717, 1.165) is 34.8 Å². The van der Waals surface area contributed by atoms with E-state index in [1.807, 2.05) is 6.92 Å². The smallest absolute Gasteiger partial charge is 0.127 e. The van der Waals surface area contributed by atoms with Gasteiger partial charge in [0.2, 0.25) is 0 Å². The number of hydrogen-bond donors (Lipinski definition) is 1. The summed E-state index contributed by atoms with van der Waals surface area (Å²) in [5.41, 5.74) is 2.72. The summed E-state index contributed by atoms with van der Waals surface area (Å²) in [6.07, 6.45) is 1.70. The second-order valence-corrected chi connectivity index (χ2v) is 7.91. The van der Waals surface area contributed by atoms with Gasteiger partial charge in [0.25, 0.3) is 0 Å². The third-order valence-electron chi connectivity index (χ3n) is 4.88. The van der Waals surface area contributed by atoms with Crippen molar-refractivity contribution in [1.29, 1.82) is 5.26 Å². The van der Waals surface area contributed by atoms with E-state index in [9.17, 15) is 5.26 Å². The van der Waals surface area contributed by atoms with Gasteiger partial charge in [-0.25, -0.2) is 4.99 Å². The molecule has 0 aromatic rings. The van der Waals surface area contributed by atoms with Crippen LogP contribution in [0.1, 0.15) is 54.4 Å². The Hall–Kier alpha value is -1.21. The zero-order valence-corrected chi connectivity index (χ0v) is 14.0. The first-order chi connectivity index (χ1) is 9.02. The highest BCUT2D eigenvalue weighted by atomic mass is 32.1. The third kappa shape index (κ3) is 2.18. The van der Waals surface area contributed by atoms with E-state index in [0.29, 0.717) is 0 Å². The van der Waals surface area contributed by atoms with Crippen LogP contribution in [0.3, 0.4) is 0 Å². The van der Waals surface area contributed by atoms with Gasteiger partial charge < -0.3 is 5.32 Å². The van der Waals surface area contributed by atoms with E-state index in [2.05, 4.69) is 51.0 Å². The van der Waals surface area contributed by atoms with E-state index < -0.39 is 5.54 Å². The van der Waals surface area contributed by atoms with Crippen LogP contribution in [0.2, 0.25) is 0 Å². The summed E-state index contributed by atoms with van der Waals surface area (Å²) >= 11 is 5.27. The molecule has 0 radical (unpaired) electrons. The number of rotatable bonds is 1. The molecule has 0 aromatic carbocycles. The van der Waals surface area contributed by atoms with Crippen LogP contribution in [0, 0.1) is 22.2 Å². The predicted octanol–water partition coefficient (Wildman–Crippen LogP) is 3.76. The minimum absolute atomic E-state index is 0.00831. The fourth-order valence-corrected chi connectivity index (χ4v) is 3.50. The van der Waals surface area contributed by atoms with Crippen LogP contribution in [0.15, 0.2) is 16.3 Å². The molecule has 0 bridgehead atoms. The highest BCUT2D eigenvalue weighted by molar-refractivity contribution is 7.80. The van der Waals surface area contributed by atoms with Gasteiger partial charge in [-0.05, 0) is 25.8 Å². The lowest BCUT2D eigenvalue weighted by Gasteiger charge is -2.30. The molecule has 2 aliphatic heterocycles. The van der Waals surface area contributed by atoms with E-state index in [1.54, 1.807) is 0 Å². The Kier molecular flexibility index (Phi) is 3.33. The third-order valence-corrected chi connectivity index (χ3v) is 5.11. The van der Waals surface area contributed by atoms with E-state index in [1.165, 1.54) is 0 Å². The summed E-state index contributed by atoms with van der Waals surface area (Å²) in [4.78, 5) is 5.36. The van der Waals surface area contributed by atoms with E-state index in [4.69, 9.17) is 12.2 Å². The maximum atomic E-state index is 9.48. The van der Waals surface area contributed by atoms with Crippen molar-refractivity contribution in [1.82, 2.24) is 5.32 Å². The summed E-state index contributed by atoms with van der Waals surface area (Å²) in [7, 11) is 0. The van der Waals surface area contributed by atoms with Gasteiger partial charge in [-0.15, -0.1) is 0 Å². The van der Waals surface area contributed by atoms with Gasteiger partial charge >= 0.3 is 0 Å². The van der Waals surface area contributed by atoms with Crippen molar-refractivity contribution in [2.45, 2.75) is 59.9 Å². The second kappa shape index (κ2) is 4.39. The van der Waals surface area contributed by atoms with Crippen LogP contribution >= 0.6 is 12.2 Å². The zero-order valence-electron chi connectivity index (χ0n) is 13.2. The number of allylic oxidation sites excluding steroid dienone is 2. The van der Waals surface area contributed by atoms with Crippen molar-refractivity contribution < 1.29 is 0 Å². The summed E-state index contributed by atoms with van der Waals surface area (Å²) < 4.78 is 0. The number of hydrogen-bond acceptors (Lipinski definition) is 3. The monoisotopic (exact) mass is 289 g/mol. The van der Waals surface area contributed by atoms with Gasteiger partial charge in [-0.3, -0.25) is 0 Å². The van der Waals surface area contributed by atoms with Gasteiger partial charge in [0.05, 0.1) is 11.8 Å². The molecular formula is C16H23N3S. The SMILES string of the molecule is C/C(C1=NC(=S)CC1(C)C)=C1\CC(C)(C)C(C)(C#N)N1. The average molecular weight is 289 g/mol. The Bertz CT molecular complexity index is 575. The molecule has 1 N–H and O–H groups in total. The molecule has 1 saturated heterocycles. The summed E-state index contributed by atoms with van der Waals surface area (Å²) in [6, 6.07) is 2.42. The maximum Gasteiger partial charge on any atom is 0.127 e. The molecule has 4 heteroatoms. The quantitative estimate of drug-likeness (QED) is 0.748. The molecule has 1 atom stereocenters. The fourth-order valence-electron chi connectivity index (χ4n) is 3.05. The van der Waals surface area contributed by atoms with Gasteiger partial charge in [0.15, 0.2) is 0 Å². The molecule has 0 amide bonds. The van der Waals surface area contributed by atoms with Gasteiger partial charge in [-0.2, -0.15) is 5.26 Å². The largest absolute Gasteiger partial charge is 0.370 e. The Morgan fingerprint density at radius 2 is 1.85 bits per heavy atom. The maximum absolute atomic E-state index is 9.48. The molecule has 1 unspecified atom stereocenters. The van der Waals surface area contributed by atoms with E-state index in [-0.39, 0.29) is 10.8 Å². The lowest BCUT2D eigenvalue weighted by atomic mass is 9.75. The lowest BCUT2D eigenvalue weighted by Crippen LogP contribution is -2.44. The fraction of sp³-hybridized carbons (Fsp3) is 0.688. The summed E-state index contributed by atoms with van der Waals surface area (Å²) in [5, 5.41) is 12.9. The summed E-state index contributed by atoms with van der Waals surface area (Å²) in [5.74, 6) is 0. The molecule has 0 spiro atoms. The topological polar surface area (TPSA) is 48.2 Å². The van der Waals surface area contributed by atoms with Crippen molar-refractivity contribution in [3.05, 3.63) is 11.3 Å². The predicted molar refractivity (Wildman–Crippen MR) is 86.7 cm³/mol. The molecule has 20 heavy (non-hydrogen) atoms. The van der Waals surface area contributed by atoms with Crippen molar-refractivity contribution in [2.75, 3.05) is 0 Å². The highest BCUT2D eigenvalue weighted by Gasteiger charge is 2.49. The van der Waals surface area contributed by atoms with E-state index >= 15 is 0 Å².